The summed E-state index contributed by atoms with van der Waals surface area (Å²) in [5.41, 5.74) is 4.67. The number of rotatable bonds is 5. The first kappa shape index (κ1) is 19.6. The van der Waals surface area contributed by atoms with Crippen LogP contribution in [0.3, 0.4) is 0 Å². The number of phenolic OH excluding ortho intramolecular Hbond substituents is 1. The van der Waals surface area contributed by atoms with E-state index in [0.717, 1.165) is 22.0 Å². The lowest BCUT2D eigenvalue weighted by molar-refractivity contribution is 0.0746. The number of aromatic amines is 1. The van der Waals surface area contributed by atoms with E-state index in [9.17, 15) is 9.90 Å². The minimum absolute atomic E-state index is 0.0786. The number of aromatic nitrogens is 2. The lowest BCUT2D eigenvalue weighted by Crippen LogP contribution is -2.31. The van der Waals surface area contributed by atoms with Crippen molar-refractivity contribution in [2.75, 3.05) is 6.54 Å². The standard InChI is InChI=1S/C25H20BrN3O2/c26-18-10-6-9-17(15-18)24-21-22(19-11-4-5-12-20(19)30)27-28-23(21)25(31)29(24)14-13-16-7-2-1-3-8-16/h1-12,15,24,30H,13-14H2,(H,27,28). The topological polar surface area (TPSA) is 69.2 Å². The predicted octanol–water partition coefficient (Wildman–Crippen LogP) is 5.33. The van der Waals surface area contributed by atoms with Crippen molar-refractivity contribution in [3.8, 4) is 17.0 Å². The highest BCUT2D eigenvalue weighted by Gasteiger charge is 2.42. The molecule has 1 aliphatic heterocycles. The summed E-state index contributed by atoms with van der Waals surface area (Å²) in [6.45, 7) is 0.572. The Labute approximate surface area is 188 Å². The van der Waals surface area contributed by atoms with Gasteiger partial charge in [-0.2, -0.15) is 5.10 Å². The summed E-state index contributed by atoms with van der Waals surface area (Å²) in [6.07, 6.45) is 0.751. The molecule has 0 aliphatic carbocycles. The van der Waals surface area contributed by atoms with E-state index in [1.165, 1.54) is 5.56 Å². The van der Waals surface area contributed by atoms with Gasteiger partial charge in [0.1, 0.15) is 17.1 Å². The summed E-state index contributed by atoms with van der Waals surface area (Å²) in [4.78, 5) is 15.3. The zero-order valence-electron chi connectivity index (χ0n) is 16.6. The van der Waals surface area contributed by atoms with Crippen LogP contribution in [0.1, 0.15) is 33.2 Å². The van der Waals surface area contributed by atoms with Gasteiger partial charge >= 0.3 is 0 Å². The second-order valence-corrected chi connectivity index (χ2v) is 8.49. The molecule has 2 N–H and O–H groups in total. The number of carbonyl (C=O) groups is 1. The summed E-state index contributed by atoms with van der Waals surface area (Å²) in [5, 5.41) is 17.8. The molecule has 0 saturated heterocycles. The highest BCUT2D eigenvalue weighted by atomic mass is 79.9. The summed E-state index contributed by atoms with van der Waals surface area (Å²) in [7, 11) is 0. The molecule has 1 atom stereocenters. The van der Waals surface area contributed by atoms with Gasteiger partial charge in [-0.25, -0.2) is 0 Å². The fraction of sp³-hybridized carbons (Fsp3) is 0.120. The predicted molar refractivity (Wildman–Crippen MR) is 123 cm³/mol. The van der Waals surface area contributed by atoms with Crippen molar-refractivity contribution < 1.29 is 9.90 Å². The van der Waals surface area contributed by atoms with Crippen molar-refractivity contribution >= 4 is 21.8 Å². The van der Waals surface area contributed by atoms with Gasteiger partial charge in [0.15, 0.2) is 0 Å². The number of carbonyl (C=O) groups excluding carboxylic acids is 1. The van der Waals surface area contributed by atoms with E-state index in [4.69, 9.17) is 0 Å². The smallest absolute Gasteiger partial charge is 0.273 e. The van der Waals surface area contributed by atoms with Gasteiger partial charge in [-0.1, -0.05) is 70.5 Å². The van der Waals surface area contributed by atoms with Gasteiger partial charge in [-0.3, -0.25) is 9.89 Å². The van der Waals surface area contributed by atoms with Gasteiger partial charge in [-0.15, -0.1) is 0 Å². The number of amides is 1. The highest BCUT2D eigenvalue weighted by molar-refractivity contribution is 9.10. The number of nitrogens with one attached hydrogen (secondary N) is 1. The summed E-state index contributed by atoms with van der Waals surface area (Å²) >= 11 is 3.56. The van der Waals surface area contributed by atoms with Crippen LogP contribution in [0.2, 0.25) is 0 Å². The van der Waals surface area contributed by atoms with Crippen LogP contribution in [0.4, 0.5) is 0 Å². The molecule has 1 amide bonds. The quantitative estimate of drug-likeness (QED) is 0.411. The highest BCUT2D eigenvalue weighted by Crippen LogP contribution is 2.44. The maximum absolute atomic E-state index is 13.4. The number of H-pyrrole nitrogens is 1. The molecule has 154 valence electrons. The van der Waals surface area contributed by atoms with Crippen LogP contribution in [0.25, 0.3) is 11.3 Å². The van der Waals surface area contributed by atoms with Gasteiger partial charge in [0.05, 0.1) is 6.04 Å². The Kier molecular flexibility index (Phi) is 5.08. The van der Waals surface area contributed by atoms with E-state index in [2.05, 4.69) is 38.3 Å². The normalized spacial score (nSPS) is 15.3. The van der Waals surface area contributed by atoms with Crippen LogP contribution >= 0.6 is 15.9 Å². The fourth-order valence-electron chi connectivity index (χ4n) is 4.22. The van der Waals surface area contributed by atoms with E-state index in [-0.39, 0.29) is 17.7 Å². The zero-order chi connectivity index (χ0) is 21.4. The van der Waals surface area contributed by atoms with Crippen molar-refractivity contribution in [1.82, 2.24) is 15.1 Å². The van der Waals surface area contributed by atoms with Gasteiger partial charge in [0.2, 0.25) is 0 Å². The molecule has 0 bridgehead atoms. The third-order valence-corrected chi connectivity index (χ3v) is 6.16. The molecule has 5 nitrogen and oxygen atoms in total. The average Bonchev–Trinajstić information content (AvgIpc) is 3.32. The van der Waals surface area contributed by atoms with Gasteiger partial charge in [0, 0.05) is 22.1 Å². The second kappa shape index (κ2) is 8.04. The summed E-state index contributed by atoms with van der Waals surface area (Å²) < 4.78 is 0.946. The van der Waals surface area contributed by atoms with Crippen molar-refractivity contribution in [3.63, 3.8) is 0 Å². The van der Waals surface area contributed by atoms with E-state index in [1.807, 2.05) is 59.5 Å². The first-order valence-corrected chi connectivity index (χ1v) is 10.9. The first-order chi connectivity index (χ1) is 15.1. The number of nitrogens with zero attached hydrogens (tertiary/aromatic N) is 2. The number of fused-ring (bicyclic) bond motifs is 1. The van der Waals surface area contributed by atoms with E-state index >= 15 is 0 Å². The van der Waals surface area contributed by atoms with Crippen LogP contribution < -0.4 is 0 Å². The molecule has 0 radical (unpaired) electrons. The Morgan fingerprint density at radius 2 is 1.77 bits per heavy atom. The lowest BCUT2D eigenvalue weighted by Gasteiger charge is -2.26. The van der Waals surface area contributed by atoms with Gasteiger partial charge < -0.3 is 10.0 Å². The molecule has 31 heavy (non-hydrogen) atoms. The molecule has 4 aromatic rings. The molecule has 0 fully saturated rings. The van der Waals surface area contributed by atoms with Crippen LogP contribution in [-0.2, 0) is 6.42 Å². The van der Waals surface area contributed by atoms with Crippen LogP contribution in [0, 0.1) is 0 Å². The second-order valence-electron chi connectivity index (χ2n) is 7.57. The molecule has 0 saturated carbocycles. The van der Waals surface area contributed by atoms with Gasteiger partial charge in [0.25, 0.3) is 5.91 Å². The number of hydrogen-bond donors (Lipinski definition) is 2. The molecule has 1 aliphatic rings. The minimum Gasteiger partial charge on any atom is -0.507 e. The van der Waals surface area contributed by atoms with Crippen molar-refractivity contribution in [2.45, 2.75) is 12.5 Å². The van der Waals surface area contributed by atoms with Gasteiger partial charge in [-0.05, 0) is 41.8 Å². The maximum atomic E-state index is 13.4. The van der Waals surface area contributed by atoms with Crippen molar-refractivity contribution in [1.29, 1.82) is 0 Å². The first-order valence-electron chi connectivity index (χ1n) is 10.1. The number of para-hydroxylation sites is 1. The number of halogens is 1. The maximum Gasteiger partial charge on any atom is 0.273 e. The van der Waals surface area contributed by atoms with E-state index in [0.29, 0.717) is 23.5 Å². The largest absolute Gasteiger partial charge is 0.507 e. The Morgan fingerprint density at radius 3 is 2.55 bits per heavy atom. The minimum atomic E-state index is -0.294. The Morgan fingerprint density at radius 1 is 1.00 bits per heavy atom. The van der Waals surface area contributed by atoms with Crippen LogP contribution in [0.5, 0.6) is 5.75 Å². The molecular formula is C25H20BrN3O2. The van der Waals surface area contributed by atoms with Crippen LogP contribution in [0.15, 0.2) is 83.3 Å². The van der Waals surface area contributed by atoms with Crippen molar-refractivity contribution in [2.24, 2.45) is 0 Å². The fourth-order valence-corrected chi connectivity index (χ4v) is 4.64. The Balaban J connectivity index is 1.61. The molecular weight excluding hydrogens is 454 g/mol. The summed E-state index contributed by atoms with van der Waals surface area (Å²) in [6, 6.07) is 24.9. The zero-order valence-corrected chi connectivity index (χ0v) is 18.2. The Hall–Kier alpha value is -3.38. The number of aromatic hydroxyl groups is 1. The molecule has 0 spiro atoms. The van der Waals surface area contributed by atoms with E-state index < -0.39 is 0 Å². The molecule has 3 aromatic carbocycles. The molecule has 1 unspecified atom stereocenters. The monoisotopic (exact) mass is 473 g/mol. The SMILES string of the molecule is O=C1c2[nH]nc(-c3ccccc3O)c2C(c2cccc(Br)c2)N1CCc1ccccc1. The average molecular weight is 474 g/mol. The van der Waals surface area contributed by atoms with E-state index in [1.54, 1.807) is 12.1 Å². The number of hydrogen-bond acceptors (Lipinski definition) is 3. The molecule has 2 heterocycles. The molecule has 6 heteroatoms. The Bertz CT molecular complexity index is 1250. The third kappa shape index (κ3) is 3.53. The number of phenols is 1. The third-order valence-electron chi connectivity index (χ3n) is 5.67. The summed E-state index contributed by atoms with van der Waals surface area (Å²) in [5.74, 6) is 0.0602. The van der Waals surface area contributed by atoms with Crippen molar-refractivity contribution in [3.05, 3.63) is 106 Å². The van der Waals surface area contributed by atoms with Crippen LogP contribution in [-0.4, -0.2) is 32.7 Å². The molecule has 5 rings (SSSR count). The lowest BCUT2D eigenvalue weighted by atomic mass is 9.95. The molecule has 1 aromatic heterocycles. The number of benzene rings is 3.